The first-order valence-electron chi connectivity index (χ1n) is 8.42. The summed E-state index contributed by atoms with van der Waals surface area (Å²) in [6.07, 6.45) is -2.77. The topological polar surface area (TPSA) is 102 Å². The smallest absolute Gasteiger partial charge is 0.367 e. The van der Waals surface area contributed by atoms with Crippen LogP contribution in [0.2, 0.25) is 0 Å². The molecule has 0 bridgehead atoms. The quantitative estimate of drug-likeness (QED) is 0.563. The number of hydrogen-bond donors (Lipinski definition) is 2. The van der Waals surface area contributed by atoms with Crippen LogP contribution in [0.5, 0.6) is 0 Å². The van der Waals surface area contributed by atoms with Gasteiger partial charge in [-0.2, -0.15) is 18.3 Å². The molecule has 0 spiro atoms. The average molecular weight is 426 g/mol. The first-order valence-corrected chi connectivity index (χ1v) is 9.91. The summed E-state index contributed by atoms with van der Waals surface area (Å²) in [6.45, 7) is 2.06. The Morgan fingerprint density at radius 3 is 2.28 bits per heavy atom. The van der Waals surface area contributed by atoms with Gasteiger partial charge in [-0.05, 0) is 49.4 Å². The van der Waals surface area contributed by atoms with E-state index >= 15 is 0 Å². The van der Waals surface area contributed by atoms with E-state index < -0.39 is 21.8 Å². The molecular weight excluding hydrogens is 409 g/mol. The highest BCUT2D eigenvalue weighted by Crippen LogP contribution is 2.29. The third kappa shape index (κ3) is 5.29. The molecule has 12 heteroatoms. The Morgan fingerprint density at radius 2 is 1.72 bits per heavy atom. The summed E-state index contributed by atoms with van der Waals surface area (Å²) in [6, 6.07) is 8.49. The van der Waals surface area contributed by atoms with Gasteiger partial charge >= 0.3 is 6.18 Å². The van der Waals surface area contributed by atoms with Crippen molar-refractivity contribution in [3.8, 4) is 5.82 Å². The molecule has 0 aliphatic heterocycles. The zero-order chi connectivity index (χ0) is 21.1. The Labute approximate surface area is 164 Å². The summed E-state index contributed by atoms with van der Waals surface area (Å²) in [5.41, 5.74) is -0.0697. The van der Waals surface area contributed by atoms with Crippen molar-refractivity contribution >= 4 is 15.8 Å². The summed E-state index contributed by atoms with van der Waals surface area (Å²) in [5.74, 6) is 0.970. The van der Waals surface area contributed by atoms with Gasteiger partial charge in [0.2, 0.25) is 10.0 Å². The van der Waals surface area contributed by atoms with Crippen molar-refractivity contribution in [1.29, 1.82) is 0 Å². The molecule has 8 nitrogen and oxygen atoms in total. The number of sulfonamides is 1. The molecule has 2 N–H and O–H groups in total. The van der Waals surface area contributed by atoms with E-state index in [9.17, 15) is 21.6 Å². The van der Waals surface area contributed by atoms with Gasteiger partial charge in [0.15, 0.2) is 5.82 Å². The summed E-state index contributed by atoms with van der Waals surface area (Å²) in [7, 11) is -3.92. The van der Waals surface area contributed by atoms with Gasteiger partial charge in [0.05, 0.1) is 16.2 Å². The van der Waals surface area contributed by atoms with E-state index in [1.54, 1.807) is 23.0 Å². The fraction of sp³-hybridized carbons (Fsp3) is 0.235. The van der Waals surface area contributed by atoms with E-state index in [0.717, 1.165) is 30.0 Å². The van der Waals surface area contributed by atoms with Crippen LogP contribution in [0, 0.1) is 6.92 Å². The van der Waals surface area contributed by atoms with Crippen molar-refractivity contribution in [3.05, 3.63) is 59.9 Å². The molecule has 3 rings (SSSR count). The number of benzene rings is 1. The minimum Gasteiger partial charge on any atom is -0.367 e. The molecule has 0 fully saturated rings. The van der Waals surface area contributed by atoms with E-state index in [0.29, 0.717) is 11.6 Å². The summed E-state index contributed by atoms with van der Waals surface area (Å²) < 4.78 is 65.9. The van der Waals surface area contributed by atoms with Crippen LogP contribution in [-0.2, 0) is 16.2 Å². The molecule has 3 aromatic rings. The van der Waals surface area contributed by atoms with Crippen molar-refractivity contribution < 1.29 is 21.6 Å². The SMILES string of the molecule is Cc1ccn(-c2ccc(NCCNS(=O)(=O)c3ccc(C(F)(F)F)cc3)nn2)n1. The second kappa shape index (κ2) is 8.17. The van der Waals surface area contributed by atoms with Crippen LogP contribution < -0.4 is 10.0 Å². The lowest BCUT2D eigenvalue weighted by Crippen LogP contribution is -2.29. The van der Waals surface area contributed by atoms with Crippen molar-refractivity contribution in [1.82, 2.24) is 24.7 Å². The molecule has 0 aliphatic rings. The zero-order valence-electron chi connectivity index (χ0n) is 15.2. The highest BCUT2D eigenvalue weighted by atomic mass is 32.2. The molecular formula is C17H17F3N6O2S. The maximum Gasteiger partial charge on any atom is 0.416 e. The Hall–Kier alpha value is -2.99. The fourth-order valence-electron chi connectivity index (χ4n) is 2.37. The lowest BCUT2D eigenvalue weighted by molar-refractivity contribution is -0.137. The third-order valence-corrected chi connectivity index (χ3v) is 5.30. The number of rotatable bonds is 7. The lowest BCUT2D eigenvalue weighted by Gasteiger charge is -2.10. The van der Waals surface area contributed by atoms with Crippen LogP contribution in [0.3, 0.4) is 0 Å². The van der Waals surface area contributed by atoms with E-state index in [4.69, 9.17) is 0 Å². The largest absolute Gasteiger partial charge is 0.416 e. The molecule has 0 unspecified atom stereocenters. The Balaban J connectivity index is 1.51. The van der Waals surface area contributed by atoms with Gasteiger partial charge in [-0.15, -0.1) is 10.2 Å². The van der Waals surface area contributed by atoms with Crippen LogP contribution in [0.15, 0.2) is 53.6 Å². The highest BCUT2D eigenvalue weighted by Gasteiger charge is 2.30. The van der Waals surface area contributed by atoms with Gasteiger partial charge in [-0.3, -0.25) is 0 Å². The van der Waals surface area contributed by atoms with Gasteiger partial charge in [0.25, 0.3) is 0 Å². The van der Waals surface area contributed by atoms with Gasteiger partial charge in [0.1, 0.15) is 5.82 Å². The summed E-state index contributed by atoms with van der Waals surface area (Å²) >= 11 is 0. The van der Waals surface area contributed by atoms with Crippen molar-refractivity contribution in [3.63, 3.8) is 0 Å². The first-order chi connectivity index (χ1) is 13.6. The fourth-order valence-corrected chi connectivity index (χ4v) is 3.40. The molecule has 0 amide bonds. The van der Waals surface area contributed by atoms with Gasteiger partial charge < -0.3 is 5.32 Å². The second-order valence-electron chi connectivity index (χ2n) is 6.03. The molecule has 154 valence electrons. The minimum atomic E-state index is -4.52. The molecule has 0 atom stereocenters. The maximum absolute atomic E-state index is 12.6. The van der Waals surface area contributed by atoms with Crippen LogP contribution in [0.25, 0.3) is 5.82 Å². The molecule has 0 radical (unpaired) electrons. The first kappa shape index (κ1) is 20.7. The van der Waals surface area contributed by atoms with Gasteiger partial charge in [-0.1, -0.05) is 0 Å². The highest BCUT2D eigenvalue weighted by molar-refractivity contribution is 7.89. The Bertz CT molecular complexity index is 1060. The number of alkyl halides is 3. The maximum atomic E-state index is 12.6. The molecule has 2 heterocycles. The number of nitrogens with one attached hydrogen (secondary N) is 2. The molecule has 1 aromatic carbocycles. The molecule has 29 heavy (non-hydrogen) atoms. The van der Waals surface area contributed by atoms with Crippen molar-refractivity contribution in [2.45, 2.75) is 18.0 Å². The van der Waals surface area contributed by atoms with E-state index in [1.165, 1.54) is 0 Å². The van der Waals surface area contributed by atoms with E-state index in [2.05, 4.69) is 25.3 Å². The monoisotopic (exact) mass is 426 g/mol. The van der Waals surface area contributed by atoms with E-state index in [-0.39, 0.29) is 18.0 Å². The van der Waals surface area contributed by atoms with Crippen LogP contribution >= 0.6 is 0 Å². The number of aromatic nitrogens is 4. The van der Waals surface area contributed by atoms with E-state index in [1.807, 2.05) is 13.0 Å². The number of aryl methyl sites for hydroxylation is 1. The summed E-state index contributed by atoms with van der Waals surface area (Å²) in [4.78, 5) is -0.246. The van der Waals surface area contributed by atoms with Gasteiger partial charge in [-0.25, -0.2) is 17.8 Å². The zero-order valence-corrected chi connectivity index (χ0v) is 16.0. The molecule has 0 saturated heterocycles. The number of hydrogen-bond acceptors (Lipinski definition) is 6. The van der Waals surface area contributed by atoms with Crippen LogP contribution in [0.4, 0.5) is 19.0 Å². The summed E-state index contributed by atoms with van der Waals surface area (Å²) in [5, 5.41) is 15.1. The average Bonchev–Trinajstić information content (AvgIpc) is 3.11. The standard InChI is InChI=1S/C17H17F3N6O2S/c1-12-8-11-26(25-12)16-7-6-15(23-24-16)21-9-10-22-29(27,28)14-4-2-13(3-5-14)17(18,19)20/h2-8,11,22H,9-10H2,1H3,(H,21,23). The predicted octanol–water partition coefficient (Wildman–Crippen LogP) is 2.38. The molecule has 0 saturated carbocycles. The number of anilines is 1. The predicted molar refractivity (Wildman–Crippen MR) is 99.0 cm³/mol. The van der Waals surface area contributed by atoms with Crippen LogP contribution in [0.1, 0.15) is 11.3 Å². The van der Waals surface area contributed by atoms with Crippen molar-refractivity contribution in [2.75, 3.05) is 18.4 Å². The molecule has 0 aliphatic carbocycles. The van der Waals surface area contributed by atoms with Crippen LogP contribution in [-0.4, -0.2) is 41.5 Å². The third-order valence-electron chi connectivity index (χ3n) is 3.82. The Morgan fingerprint density at radius 1 is 1.00 bits per heavy atom. The van der Waals surface area contributed by atoms with Crippen molar-refractivity contribution in [2.24, 2.45) is 0 Å². The number of halogens is 3. The second-order valence-corrected chi connectivity index (χ2v) is 7.79. The molecule has 2 aromatic heterocycles. The normalized spacial score (nSPS) is 12.1. The van der Waals surface area contributed by atoms with Gasteiger partial charge in [0, 0.05) is 19.3 Å². The minimum absolute atomic E-state index is 0.00510. The number of nitrogens with zero attached hydrogens (tertiary/aromatic N) is 4. The Kier molecular flexibility index (Phi) is 5.84. The lowest BCUT2D eigenvalue weighted by atomic mass is 10.2.